The number of carbonyl (C=O) groups excluding carboxylic acids is 2. The van der Waals surface area contributed by atoms with E-state index in [1.165, 1.54) is 29.6 Å². The van der Waals surface area contributed by atoms with Crippen LogP contribution in [-0.4, -0.2) is 40.5 Å². The molecule has 0 unspecified atom stereocenters. The van der Waals surface area contributed by atoms with Crippen LogP contribution in [0.25, 0.3) is 11.4 Å². The number of aromatic nitrogens is 2. The van der Waals surface area contributed by atoms with Gasteiger partial charge in [0.1, 0.15) is 5.69 Å². The highest BCUT2D eigenvalue weighted by atomic mass is 32.2. The number of nitrogens with one attached hydrogen (secondary N) is 2. The van der Waals surface area contributed by atoms with Gasteiger partial charge in [-0.1, -0.05) is 18.2 Å². The van der Waals surface area contributed by atoms with Crippen LogP contribution in [0.3, 0.4) is 0 Å². The molecule has 0 aliphatic heterocycles. The lowest BCUT2D eigenvalue weighted by atomic mass is 10.1. The molecule has 0 saturated heterocycles. The zero-order valence-corrected chi connectivity index (χ0v) is 17.4. The third kappa shape index (κ3) is 4.86. The second kappa shape index (κ2) is 9.18. The van der Waals surface area contributed by atoms with Crippen LogP contribution in [0.5, 0.6) is 0 Å². The maximum atomic E-state index is 12.3. The number of sulfonamides is 1. The minimum Gasteiger partial charge on any atom is -0.392 e. The Bertz CT molecular complexity index is 1230. The van der Waals surface area contributed by atoms with Crippen molar-refractivity contribution in [3.8, 4) is 11.4 Å². The molecule has 3 aromatic rings. The quantitative estimate of drug-likeness (QED) is 0.340. The normalized spacial score (nSPS) is 11.2. The third-order valence-electron chi connectivity index (χ3n) is 4.07. The van der Waals surface area contributed by atoms with Gasteiger partial charge in [-0.15, -0.1) is 11.3 Å². The molecule has 0 saturated carbocycles. The van der Waals surface area contributed by atoms with Crippen molar-refractivity contribution in [3.63, 3.8) is 0 Å². The Hall–Kier alpha value is -3.39. The van der Waals surface area contributed by atoms with Crippen LogP contribution in [0.2, 0.25) is 0 Å². The highest BCUT2D eigenvalue weighted by Crippen LogP contribution is 2.30. The number of benzene rings is 1. The first-order valence-corrected chi connectivity index (χ1v) is 11.1. The number of rotatable bonds is 7. The summed E-state index contributed by atoms with van der Waals surface area (Å²) in [4.78, 5) is 32.1. The van der Waals surface area contributed by atoms with Crippen molar-refractivity contribution < 1.29 is 28.2 Å². The Morgan fingerprint density at radius 2 is 1.77 bits per heavy atom. The number of aliphatic hydroxyl groups is 2. The molecule has 0 aliphatic carbocycles. The van der Waals surface area contributed by atoms with E-state index in [-0.39, 0.29) is 38.9 Å². The second-order valence-corrected chi connectivity index (χ2v) is 8.50. The number of hydrogen-bond acceptors (Lipinski definition) is 9. The maximum Gasteiger partial charge on any atom is 0.333 e. The Kier molecular flexibility index (Phi) is 6.60. The zero-order chi connectivity index (χ0) is 22.6. The summed E-state index contributed by atoms with van der Waals surface area (Å²) in [5, 5.41) is 24.5. The number of aliphatic hydroxyl groups excluding tert-OH is 2. The molecule has 2 aromatic heterocycles. The fourth-order valence-electron chi connectivity index (χ4n) is 2.65. The van der Waals surface area contributed by atoms with E-state index in [1.807, 2.05) is 4.72 Å². The minimum absolute atomic E-state index is 0.00446. The number of amides is 3. The summed E-state index contributed by atoms with van der Waals surface area (Å²) in [5.74, 6) is -0.976. The van der Waals surface area contributed by atoms with Crippen LogP contribution >= 0.6 is 11.3 Å². The van der Waals surface area contributed by atoms with Gasteiger partial charge < -0.3 is 21.3 Å². The number of thiophene rings is 1. The van der Waals surface area contributed by atoms with E-state index in [0.717, 1.165) is 11.3 Å². The number of anilines is 1. The summed E-state index contributed by atoms with van der Waals surface area (Å²) < 4.78 is 26.5. The van der Waals surface area contributed by atoms with Crippen molar-refractivity contribution in [2.24, 2.45) is 5.73 Å². The average molecular weight is 463 g/mol. The smallest absolute Gasteiger partial charge is 0.333 e. The van der Waals surface area contributed by atoms with Crippen molar-refractivity contribution in [1.29, 1.82) is 0 Å². The van der Waals surface area contributed by atoms with Crippen molar-refractivity contribution in [1.82, 2.24) is 14.7 Å². The molecule has 0 spiro atoms. The lowest BCUT2D eigenvalue weighted by molar-refractivity contribution is 0.0991. The molecular weight excluding hydrogens is 446 g/mol. The van der Waals surface area contributed by atoms with Gasteiger partial charge in [0.15, 0.2) is 5.82 Å². The van der Waals surface area contributed by atoms with Gasteiger partial charge in [-0.3, -0.25) is 4.79 Å². The molecule has 162 valence electrons. The predicted molar refractivity (Wildman–Crippen MR) is 111 cm³/mol. The Morgan fingerprint density at radius 1 is 1.06 bits per heavy atom. The van der Waals surface area contributed by atoms with E-state index in [4.69, 9.17) is 5.73 Å². The van der Waals surface area contributed by atoms with E-state index in [2.05, 4.69) is 15.3 Å². The molecule has 3 rings (SSSR count). The number of carbonyl (C=O) groups is 2. The Morgan fingerprint density at radius 3 is 2.39 bits per heavy atom. The Labute approximate surface area is 180 Å². The Balaban J connectivity index is 1.90. The fraction of sp³-hybridized carbons (Fsp3) is 0.111. The first-order chi connectivity index (χ1) is 14.8. The van der Waals surface area contributed by atoms with Gasteiger partial charge in [0, 0.05) is 16.3 Å². The molecule has 0 bridgehead atoms. The standard InChI is InChI=1S/C18H17N5O6S2/c19-16(26)15-11(6-24)13(7-25)20-17(22-15)12-8-30-9-14(12)21-18(27)23-31(28,29)10-4-2-1-3-5-10/h1-5,8-9,24-25H,6-7H2,(H2,19,26)(H2,21,23,27). The maximum absolute atomic E-state index is 12.3. The molecule has 0 radical (unpaired) electrons. The summed E-state index contributed by atoms with van der Waals surface area (Å²) in [6.07, 6.45) is 0. The van der Waals surface area contributed by atoms with E-state index < -0.39 is 35.2 Å². The van der Waals surface area contributed by atoms with E-state index >= 15 is 0 Å². The van der Waals surface area contributed by atoms with Gasteiger partial charge in [0.2, 0.25) is 0 Å². The SMILES string of the molecule is NC(=O)c1nc(-c2cscc2NC(=O)NS(=O)(=O)c2ccccc2)nc(CO)c1CO. The molecule has 11 nitrogen and oxygen atoms in total. The molecule has 3 amide bonds. The molecule has 31 heavy (non-hydrogen) atoms. The predicted octanol–water partition coefficient (Wildman–Crippen LogP) is 0.799. The number of nitrogens with two attached hydrogens (primary N) is 1. The topological polar surface area (TPSA) is 185 Å². The molecule has 0 aliphatic rings. The number of hydrogen-bond donors (Lipinski definition) is 5. The van der Waals surface area contributed by atoms with E-state index in [1.54, 1.807) is 11.4 Å². The van der Waals surface area contributed by atoms with Gasteiger partial charge in [-0.2, -0.15) is 0 Å². The van der Waals surface area contributed by atoms with Crippen LogP contribution in [0.4, 0.5) is 10.5 Å². The van der Waals surface area contributed by atoms with E-state index in [0.29, 0.717) is 0 Å². The summed E-state index contributed by atoms with van der Waals surface area (Å²) in [7, 11) is -4.09. The van der Waals surface area contributed by atoms with Gasteiger partial charge >= 0.3 is 6.03 Å². The summed E-state index contributed by atoms with van der Waals surface area (Å²) in [6.45, 7) is -1.20. The third-order valence-corrected chi connectivity index (χ3v) is 6.16. The lowest BCUT2D eigenvalue weighted by Crippen LogP contribution is -2.34. The van der Waals surface area contributed by atoms with Crippen molar-refractivity contribution >= 4 is 39.0 Å². The summed E-state index contributed by atoms with van der Waals surface area (Å²) in [5.41, 5.74) is 5.46. The lowest BCUT2D eigenvalue weighted by Gasteiger charge is -2.12. The van der Waals surface area contributed by atoms with Gasteiger partial charge in [0.05, 0.1) is 35.1 Å². The van der Waals surface area contributed by atoms with Crippen molar-refractivity contribution in [2.75, 3.05) is 5.32 Å². The average Bonchev–Trinajstić information content (AvgIpc) is 3.20. The largest absolute Gasteiger partial charge is 0.392 e. The first kappa shape index (κ1) is 22.3. The van der Waals surface area contributed by atoms with Crippen LogP contribution in [0, 0.1) is 0 Å². The van der Waals surface area contributed by atoms with Gasteiger partial charge in [-0.25, -0.2) is 27.9 Å². The van der Waals surface area contributed by atoms with E-state index in [9.17, 15) is 28.2 Å². The monoisotopic (exact) mass is 463 g/mol. The van der Waals surface area contributed by atoms with Gasteiger partial charge in [0.25, 0.3) is 15.9 Å². The molecular formula is C18H17N5O6S2. The zero-order valence-electron chi connectivity index (χ0n) is 15.8. The van der Waals surface area contributed by atoms with Gasteiger partial charge in [-0.05, 0) is 12.1 Å². The number of urea groups is 1. The molecule has 0 atom stereocenters. The van der Waals surface area contributed by atoms with Crippen molar-refractivity contribution in [2.45, 2.75) is 18.1 Å². The minimum atomic E-state index is -4.09. The molecule has 2 heterocycles. The second-order valence-electron chi connectivity index (χ2n) is 6.07. The highest BCUT2D eigenvalue weighted by molar-refractivity contribution is 7.90. The number of nitrogens with zero attached hydrogens (tertiary/aromatic N) is 2. The molecule has 6 N–H and O–H groups in total. The summed E-state index contributed by atoms with van der Waals surface area (Å²) >= 11 is 1.16. The summed E-state index contributed by atoms with van der Waals surface area (Å²) in [6, 6.07) is 6.33. The number of primary amides is 1. The van der Waals surface area contributed by atoms with Crippen LogP contribution in [0.1, 0.15) is 21.7 Å². The van der Waals surface area contributed by atoms with Crippen molar-refractivity contribution in [3.05, 3.63) is 58.0 Å². The molecule has 0 fully saturated rings. The van der Waals surface area contributed by atoms with Crippen LogP contribution < -0.4 is 15.8 Å². The first-order valence-electron chi connectivity index (χ1n) is 8.63. The highest BCUT2D eigenvalue weighted by Gasteiger charge is 2.22. The fourth-order valence-corrected chi connectivity index (χ4v) is 4.33. The van der Waals surface area contributed by atoms with Crippen LogP contribution in [0.15, 0.2) is 46.0 Å². The molecule has 1 aromatic carbocycles. The molecule has 13 heteroatoms. The van der Waals surface area contributed by atoms with Crippen LogP contribution in [-0.2, 0) is 23.2 Å².